The normalized spacial score (nSPS) is 15.2. The van der Waals surface area contributed by atoms with Crippen molar-refractivity contribution in [3.63, 3.8) is 0 Å². The van der Waals surface area contributed by atoms with E-state index in [1.165, 1.54) is 18.6 Å². The first kappa shape index (κ1) is 16.2. The van der Waals surface area contributed by atoms with Crippen molar-refractivity contribution in [1.29, 1.82) is 0 Å². The zero-order chi connectivity index (χ0) is 17.9. The van der Waals surface area contributed by atoms with E-state index in [9.17, 15) is 4.79 Å². The average Bonchev–Trinajstić information content (AvgIpc) is 3.09. The number of hydrogen-bond donors (Lipinski definition) is 1. The number of rotatable bonds is 4. The molecule has 1 amide bonds. The van der Waals surface area contributed by atoms with E-state index < -0.39 is 0 Å². The molecule has 130 valence electrons. The Hall–Kier alpha value is -3.28. The summed E-state index contributed by atoms with van der Waals surface area (Å²) in [6.45, 7) is 2.47. The molecule has 0 aliphatic carbocycles. The zero-order valence-electron chi connectivity index (χ0n) is 14.3. The van der Waals surface area contributed by atoms with Crippen LogP contribution in [0.5, 0.6) is 5.75 Å². The maximum absolute atomic E-state index is 12.1. The second-order valence-electron chi connectivity index (χ2n) is 6.26. The van der Waals surface area contributed by atoms with Crippen molar-refractivity contribution in [2.24, 2.45) is 0 Å². The Balaban J connectivity index is 1.50. The van der Waals surface area contributed by atoms with E-state index in [4.69, 9.17) is 4.74 Å². The molecule has 0 radical (unpaired) electrons. The number of fused-ring (bicyclic) bond motifs is 1. The number of pyridine rings is 1. The molecule has 3 aromatic rings. The van der Waals surface area contributed by atoms with Gasteiger partial charge < -0.3 is 10.1 Å². The Morgan fingerprint density at radius 2 is 2.15 bits per heavy atom. The first-order valence-corrected chi connectivity index (χ1v) is 8.46. The molecule has 4 rings (SSSR count). The Morgan fingerprint density at radius 3 is 2.92 bits per heavy atom. The predicted octanol–water partition coefficient (Wildman–Crippen LogP) is 2.58. The van der Waals surface area contributed by atoms with Gasteiger partial charge in [0.2, 0.25) is 0 Å². The summed E-state index contributed by atoms with van der Waals surface area (Å²) in [6, 6.07) is 10.0. The number of nitrogens with one attached hydrogen (secondary N) is 1. The van der Waals surface area contributed by atoms with Crippen LogP contribution in [0, 0.1) is 6.92 Å². The molecule has 26 heavy (non-hydrogen) atoms. The molecule has 0 bridgehead atoms. The topological polar surface area (TPSA) is 77.0 Å². The molecule has 0 saturated heterocycles. The molecule has 1 aromatic carbocycles. The second-order valence-corrected chi connectivity index (χ2v) is 6.26. The van der Waals surface area contributed by atoms with Crippen LogP contribution < -0.4 is 10.1 Å². The van der Waals surface area contributed by atoms with Gasteiger partial charge in [-0.3, -0.25) is 14.8 Å². The van der Waals surface area contributed by atoms with Crippen molar-refractivity contribution in [3.8, 4) is 17.0 Å². The van der Waals surface area contributed by atoms with Crippen LogP contribution in [-0.4, -0.2) is 33.5 Å². The van der Waals surface area contributed by atoms with Gasteiger partial charge >= 0.3 is 0 Å². The summed E-state index contributed by atoms with van der Waals surface area (Å²) in [4.78, 5) is 24.5. The monoisotopic (exact) mass is 346 g/mol. The molecule has 3 heterocycles. The standard InChI is InChI=1S/C20H18N4O2/c1-13-8-14-10-15(11-24-20(25)18-12-21-6-7-23-18)26-19(14)16(9-13)17-4-2-3-5-22-17/h2-9,12,15H,10-11H2,1H3,(H,24,25)/t15-/m0/s1. The molecule has 2 aromatic heterocycles. The first-order valence-electron chi connectivity index (χ1n) is 8.46. The van der Waals surface area contributed by atoms with Crippen molar-refractivity contribution in [2.75, 3.05) is 6.54 Å². The van der Waals surface area contributed by atoms with Gasteiger partial charge in [-0.25, -0.2) is 4.98 Å². The van der Waals surface area contributed by atoms with Gasteiger partial charge in [0.1, 0.15) is 17.5 Å². The van der Waals surface area contributed by atoms with Crippen LogP contribution in [0.15, 0.2) is 55.1 Å². The van der Waals surface area contributed by atoms with Crippen molar-refractivity contribution in [3.05, 3.63) is 71.9 Å². The number of amides is 1. The van der Waals surface area contributed by atoms with E-state index in [2.05, 4.69) is 39.3 Å². The largest absolute Gasteiger partial charge is 0.487 e. The Bertz CT molecular complexity index is 929. The van der Waals surface area contributed by atoms with Gasteiger partial charge in [-0.15, -0.1) is 0 Å². The summed E-state index contributed by atoms with van der Waals surface area (Å²) in [5.74, 6) is 0.604. The number of hydrogen-bond acceptors (Lipinski definition) is 5. The molecule has 1 aliphatic rings. The Kier molecular flexibility index (Phi) is 4.31. The summed E-state index contributed by atoms with van der Waals surface area (Å²) in [6.07, 6.45) is 6.89. The molecule has 1 atom stereocenters. The van der Waals surface area contributed by atoms with Gasteiger partial charge in [0.25, 0.3) is 5.91 Å². The first-order chi connectivity index (χ1) is 12.7. The second kappa shape index (κ2) is 6.92. The third kappa shape index (κ3) is 3.26. The minimum Gasteiger partial charge on any atom is -0.487 e. The minimum atomic E-state index is -0.251. The predicted molar refractivity (Wildman–Crippen MR) is 96.9 cm³/mol. The summed E-state index contributed by atoms with van der Waals surface area (Å²) in [5.41, 5.74) is 4.48. The zero-order valence-corrected chi connectivity index (χ0v) is 14.3. The van der Waals surface area contributed by atoms with Crippen LogP contribution in [0.25, 0.3) is 11.3 Å². The van der Waals surface area contributed by atoms with Gasteiger partial charge in [-0.05, 0) is 36.2 Å². The van der Waals surface area contributed by atoms with Crippen molar-refractivity contribution >= 4 is 5.91 Å². The molecular weight excluding hydrogens is 328 g/mol. The summed E-state index contributed by atoms with van der Waals surface area (Å²) in [7, 11) is 0. The van der Waals surface area contributed by atoms with Crippen molar-refractivity contribution in [1.82, 2.24) is 20.3 Å². The molecule has 0 spiro atoms. The fraction of sp³-hybridized carbons (Fsp3) is 0.200. The molecular formula is C20H18N4O2. The maximum atomic E-state index is 12.1. The van der Waals surface area contributed by atoms with Gasteiger partial charge in [-0.2, -0.15) is 0 Å². The van der Waals surface area contributed by atoms with Gasteiger partial charge in [0.05, 0.1) is 18.4 Å². The number of carbonyl (C=O) groups is 1. The highest BCUT2D eigenvalue weighted by Gasteiger charge is 2.27. The fourth-order valence-corrected chi connectivity index (χ4v) is 3.13. The molecule has 6 nitrogen and oxygen atoms in total. The number of aromatic nitrogens is 3. The van der Waals surface area contributed by atoms with Crippen LogP contribution in [0.3, 0.4) is 0 Å². The number of aryl methyl sites for hydroxylation is 1. The smallest absolute Gasteiger partial charge is 0.271 e. The third-order valence-corrected chi connectivity index (χ3v) is 4.27. The van der Waals surface area contributed by atoms with E-state index in [1.807, 2.05) is 18.2 Å². The highest BCUT2D eigenvalue weighted by Crippen LogP contribution is 2.39. The van der Waals surface area contributed by atoms with E-state index in [0.29, 0.717) is 12.2 Å². The van der Waals surface area contributed by atoms with E-state index >= 15 is 0 Å². The quantitative estimate of drug-likeness (QED) is 0.786. The fourth-order valence-electron chi connectivity index (χ4n) is 3.13. The SMILES string of the molecule is Cc1cc2c(c(-c3ccccn3)c1)O[C@H](CNC(=O)c1cnccn1)C2. The van der Waals surface area contributed by atoms with Crippen LogP contribution in [0.1, 0.15) is 21.6 Å². The van der Waals surface area contributed by atoms with Crippen LogP contribution in [0.2, 0.25) is 0 Å². The average molecular weight is 346 g/mol. The van der Waals surface area contributed by atoms with Gasteiger partial charge in [0, 0.05) is 30.6 Å². The highest BCUT2D eigenvalue weighted by molar-refractivity contribution is 5.91. The van der Waals surface area contributed by atoms with Crippen LogP contribution in [0.4, 0.5) is 0 Å². The molecule has 1 N–H and O–H groups in total. The Labute approximate surface area is 151 Å². The molecule has 6 heteroatoms. The van der Waals surface area contributed by atoms with Crippen molar-refractivity contribution in [2.45, 2.75) is 19.4 Å². The highest BCUT2D eigenvalue weighted by atomic mass is 16.5. The van der Waals surface area contributed by atoms with Gasteiger partial charge in [0.15, 0.2) is 0 Å². The maximum Gasteiger partial charge on any atom is 0.271 e. The van der Waals surface area contributed by atoms with Crippen molar-refractivity contribution < 1.29 is 9.53 Å². The van der Waals surface area contributed by atoms with Crippen LogP contribution in [-0.2, 0) is 6.42 Å². The summed E-state index contributed by atoms with van der Waals surface area (Å²) < 4.78 is 6.14. The van der Waals surface area contributed by atoms with E-state index in [0.717, 1.165) is 34.6 Å². The lowest BCUT2D eigenvalue weighted by atomic mass is 10.0. The molecule has 1 aliphatic heterocycles. The molecule has 0 unspecified atom stereocenters. The lowest BCUT2D eigenvalue weighted by molar-refractivity contribution is 0.0928. The lowest BCUT2D eigenvalue weighted by Gasteiger charge is -2.13. The van der Waals surface area contributed by atoms with Gasteiger partial charge in [-0.1, -0.05) is 12.1 Å². The Morgan fingerprint density at radius 1 is 1.23 bits per heavy atom. The minimum absolute atomic E-state index is 0.116. The molecule has 0 fully saturated rings. The number of benzene rings is 1. The third-order valence-electron chi connectivity index (χ3n) is 4.27. The number of ether oxygens (including phenoxy) is 1. The number of carbonyl (C=O) groups excluding carboxylic acids is 1. The van der Waals surface area contributed by atoms with E-state index in [1.54, 1.807) is 6.20 Å². The number of nitrogens with zero attached hydrogens (tertiary/aromatic N) is 3. The lowest BCUT2D eigenvalue weighted by Crippen LogP contribution is -2.34. The van der Waals surface area contributed by atoms with E-state index in [-0.39, 0.29) is 12.0 Å². The summed E-state index contributed by atoms with van der Waals surface area (Å²) >= 11 is 0. The molecule has 0 saturated carbocycles. The summed E-state index contributed by atoms with van der Waals surface area (Å²) in [5, 5.41) is 2.87. The van der Waals surface area contributed by atoms with Crippen LogP contribution >= 0.6 is 0 Å².